The zero-order valence-corrected chi connectivity index (χ0v) is 21.4. The summed E-state index contributed by atoms with van der Waals surface area (Å²) in [6.45, 7) is 6.36. The van der Waals surface area contributed by atoms with E-state index >= 15 is 0 Å². The summed E-state index contributed by atoms with van der Waals surface area (Å²) in [7, 11) is 6.06. The summed E-state index contributed by atoms with van der Waals surface area (Å²) in [5.41, 5.74) is 1.87. The highest BCUT2D eigenvalue weighted by atomic mass is 16.5. The molecule has 10 nitrogen and oxygen atoms in total. The van der Waals surface area contributed by atoms with Crippen LogP contribution < -0.4 is 15.0 Å². The predicted octanol–water partition coefficient (Wildman–Crippen LogP) is 3.03. The first-order valence-electron chi connectivity index (χ1n) is 12.1. The number of likely N-dealkylation sites (N-methyl/N-ethyl adjacent to an activating group) is 2. The number of aromatic nitrogens is 4. The van der Waals surface area contributed by atoms with Crippen LogP contribution in [0.3, 0.4) is 0 Å². The Morgan fingerprint density at radius 3 is 2.53 bits per heavy atom. The second-order valence-corrected chi connectivity index (χ2v) is 9.30. The van der Waals surface area contributed by atoms with Gasteiger partial charge in [-0.15, -0.1) is 0 Å². The van der Waals surface area contributed by atoms with E-state index < -0.39 is 0 Å². The number of carbonyl (C=O) groups is 1. The average Bonchev–Trinajstić information content (AvgIpc) is 3.24. The van der Waals surface area contributed by atoms with Gasteiger partial charge in [-0.05, 0) is 51.8 Å². The number of nitrogens with one attached hydrogen (secondary N) is 2. The number of carbonyl (C=O) groups excluding carboxylic acids is 1. The van der Waals surface area contributed by atoms with Gasteiger partial charge in [0, 0.05) is 57.0 Å². The minimum atomic E-state index is 0.0676. The number of aromatic amines is 1. The number of piperazine rings is 1. The van der Waals surface area contributed by atoms with E-state index in [4.69, 9.17) is 4.74 Å². The Morgan fingerprint density at radius 1 is 1.11 bits per heavy atom. The van der Waals surface area contributed by atoms with Crippen molar-refractivity contribution in [1.29, 1.82) is 0 Å². The van der Waals surface area contributed by atoms with Gasteiger partial charge in [-0.2, -0.15) is 15.1 Å². The van der Waals surface area contributed by atoms with Gasteiger partial charge in [0.1, 0.15) is 17.4 Å². The third kappa shape index (κ3) is 7.37. The third-order valence-corrected chi connectivity index (χ3v) is 5.77. The zero-order valence-electron chi connectivity index (χ0n) is 21.4. The molecular weight excluding hydrogens is 456 g/mol. The van der Waals surface area contributed by atoms with Gasteiger partial charge in [0.15, 0.2) is 11.6 Å². The van der Waals surface area contributed by atoms with E-state index in [-0.39, 0.29) is 11.8 Å². The minimum absolute atomic E-state index is 0.0676. The van der Waals surface area contributed by atoms with Gasteiger partial charge < -0.3 is 24.8 Å². The van der Waals surface area contributed by atoms with Crippen molar-refractivity contribution in [2.75, 3.05) is 64.1 Å². The van der Waals surface area contributed by atoms with E-state index in [1.54, 1.807) is 6.08 Å². The fraction of sp³-hybridized carbons (Fsp3) is 0.385. The standard InChI is InChI=1S/C26H34N8O2/c1-19-16-24(31-30-19)27-23-18-25(34-14-12-33(4)13-15-34)29-26(28-23)36-22-9-7-20(8-10-22)17-21(35)6-5-11-32(2)3/h5-10,16,18H,11-15,17H2,1-4H3,(H2,27,28,29,30,31)/b6-5+. The van der Waals surface area contributed by atoms with Crippen LogP contribution in [0.15, 0.2) is 48.6 Å². The van der Waals surface area contributed by atoms with Gasteiger partial charge in [-0.3, -0.25) is 9.89 Å². The SMILES string of the molecule is Cc1cc(Nc2cc(N3CCN(C)CC3)nc(Oc3ccc(CC(=O)/C=C/CN(C)C)cc3)n2)n[nH]1. The van der Waals surface area contributed by atoms with Crippen LogP contribution >= 0.6 is 0 Å². The number of anilines is 3. The molecule has 1 saturated heterocycles. The highest BCUT2D eigenvalue weighted by Crippen LogP contribution is 2.26. The van der Waals surface area contributed by atoms with Crippen LogP contribution in [0.4, 0.5) is 17.5 Å². The largest absolute Gasteiger partial charge is 0.424 e. The molecule has 2 aromatic heterocycles. The lowest BCUT2D eigenvalue weighted by Crippen LogP contribution is -2.44. The zero-order chi connectivity index (χ0) is 25.5. The molecule has 3 aromatic rings. The van der Waals surface area contributed by atoms with Crippen molar-refractivity contribution in [2.45, 2.75) is 13.3 Å². The molecule has 3 heterocycles. The predicted molar refractivity (Wildman–Crippen MR) is 141 cm³/mol. The number of nitrogens with zero attached hydrogens (tertiary/aromatic N) is 6. The molecule has 0 bridgehead atoms. The first-order valence-corrected chi connectivity index (χ1v) is 12.1. The van der Waals surface area contributed by atoms with Gasteiger partial charge in [0.25, 0.3) is 0 Å². The van der Waals surface area contributed by atoms with E-state index in [0.717, 1.165) is 49.8 Å². The lowest BCUT2D eigenvalue weighted by molar-refractivity contribution is -0.114. The monoisotopic (exact) mass is 490 g/mol. The molecule has 0 spiro atoms. The van der Waals surface area contributed by atoms with Gasteiger partial charge in [-0.1, -0.05) is 18.2 Å². The fourth-order valence-corrected chi connectivity index (χ4v) is 3.77. The van der Waals surface area contributed by atoms with Gasteiger partial charge in [0.05, 0.1) is 0 Å². The molecule has 0 radical (unpaired) electrons. The lowest BCUT2D eigenvalue weighted by atomic mass is 10.1. The van der Waals surface area contributed by atoms with Crippen molar-refractivity contribution in [3.05, 3.63) is 59.8 Å². The summed E-state index contributed by atoms with van der Waals surface area (Å²) in [5, 5.41) is 10.4. The van der Waals surface area contributed by atoms with Crippen molar-refractivity contribution in [3.63, 3.8) is 0 Å². The molecule has 10 heteroatoms. The molecule has 0 unspecified atom stereocenters. The molecule has 1 fully saturated rings. The number of H-pyrrole nitrogens is 1. The van der Waals surface area contributed by atoms with Crippen LogP contribution in [0.25, 0.3) is 0 Å². The fourth-order valence-electron chi connectivity index (χ4n) is 3.77. The lowest BCUT2D eigenvalue weighted by Gasteiger charge is -2.33. The summed E-state index contributed by atoms with van der Waals surface area (Å²) in [5.74, 6) is 2.75. The number of hydrogen-bond acceptors (Lipinski definition) is 9. The number of aryl methyl sites for hydroxylation is 1. The number of hydrogen-bond donors (Lipinski definition) is 2. The maximum absolute atomic E-state index is 12.2. The summed E-state index contributed by atoms with van der Waals surface area (Å²) in [4.78, 5) is 28.0. The summed E-state index contributed by atoms with van der Waals surface area (Å²) in [6, 6.07) is 11.5. The highest BCUT2D eigenvalue weighted by molar-refractivity contribution is 5.91. The molecule has 36 heavy (non-hydrogen) atoms. The molecule has 1 aliphatic heterocycles. The quantitative estimate of drug-likeness (QED) is 0.415. The van der Waals surface area contributed by atoms with Crippen molar-refractivity contribution in [3.8, 4) is 11.8 Å². The Morgan fingerprint density at radius 2 is 1.86 bits per heavy atom. The highest BCUT2D eigenvalue weighted by Gasteiger charge is 2.18. The Bertz CT molecular complexity index is 1180. The van der Waals surface area contributed by atoms with E-state index in [1.807, 2.05) is 68.4 Å². The molecule has 0 amide bonds. The number of allylic oxidation sites excluding steroid dienone is 1. The molecule has 190 valence electrons. The first-order chi connectivity index (χ1) is 17.3. The van der Waals surface area contributed by atoms with Crippen molar-refractivity contribution >= 4 is 23.2 Å². The molecule has 1 aliphatic rings. The number of ketones is 1. The maximum atomic E-state index is 12.2. The van der Waals surface area contributed by atoms with E-state index in [1.165, 1.54) is 0 Å². The summed E-state index contributed by atoms with van der Waals surface area (Å²) >= 11 is 0. The minimum Gasteiger partial charge on any atom is -0.424 e. The van der Waals surface area contributed by atoms with Crippen LogP contribution in [0.1, 0.15) is 11.3 Å². The average molecular weight is 491 g/mol. The second kappa shape index (κ2) is 11.8. The molecule has 1 aromatic carbocycles. The summed E-state index contributed by atoms with van der Waals surface area (Å²) in [6.07, 6.45) is 3.86. The first kappa shape index (κ1) is 25.3. The Balaban J connectivity index is 1.48. The van der Waals surface area contributed by atoms with Crippen LogP contribution in [-0.2, 0) is 11.2 Å². The Kier molecular flexibility index (Phi) is 8.29. The molecule has 0 saturated carbocycles. The number of benzene rings is 1. The molecule has 0 atom stereocenters. The topological polar surface area (TPSA) is 103 Å². The Labute approximate surface area is 212 Å². The van der Waals surface area contributed by atoms with Crippen LogP contribution in [-0.4, -0.2) is 89.6 Å². The van der Waals surface area contributed by atoms with Gasteiger partial charge in [-0.25, -0.2) is 0 Å². The van der Waals surface area contributed by atoms with Gasteiger partial charge in [0.2, 0.25) is 0 Å². The van der Waals surface area contributed by atoms with Crippen LogP contribution in [0.5, 0.6) is 11.8 Å². The molecule has 4 rings (SSSR count). The normalized spacial score (nSPS) is 14.5. The van der Waals surface area contributed by atoms with E-state index in [2.05, 4.69) is 42.3 Å². The van der Waals surface area contributed by atoms with Crippen LogP contribution in [0, 0.1) is 6.92 Å². The molecule has 0 aliphatic carbocycles. The maximum Gasteiger partial charge on any atom is 0.325 e. The number of ether oxygens (including phenoxy) is 1. The van der Waals surface area contributed by atoms with E-state index in [0.29, 0.717) is 23.8 Å². The smallest absolute Gasteiger partial charge is 0.325 e. The van der Waals surface area contributed by atoms with E-state index in [9.17, 15) is 4.79 Å². The second-order valence-electron chi connectivity index (χ2n) is 9.30. The summed E-state index contributed by atoms with van der Waals surface area (Å²) < 4.78 is 6.03. The van der Waals surface area contributed by atoms with Crippen LogP contribution in [0.2, 0.25) is 0 Å². The van der Waals surface area contributed by atoms with Crippen molar-refractivity contribution < 1.29 is 9.53 Å². The third-order valence-electron chi connectivity index (χ3n) is 5.77. The van der Waals surface area contributed by atoms with Crippen molar-refractivity contribution in [1.82, 2.24) is 30.0 Å². The van der Waals surface area contributed by atoms with Crippen molar-refractivity contribution in [2.24, 2.45) is 0 Å². The van der Waals surface area contributed by atoms with Gasteiger partial charge >= 0.3 is 6.01 Å². The molecule has 2 N–H and O–H groups in total. The number of rotatable bonds is 10. The molecular formula is C26H34N8O2. The Hall–Kier alpha value is -3.76.